The number of piperazine rings is 3. The van der Waals surface area contributed by atoms with Crippen molar-refractivity contribution in [3.05, 3.63) is 196 Å². The Labute approximate surface area is 578 Å². The molecule has 22 nitrogen and oxygen atoms in total. The molecule has 6 atom stereocenters. The molecule has 0 aliphatic carbocycles. The van der Waals surface area contributed by atoms with Crippen molar-refractivity contribution in [1.82, 2.24) is 54.7 Å². The summed E-state index contributed by atoms with van der Waals surface area (Å²) in [5.74, 6) is 3.19. The van der Waals surface area contributed by atoms with E-state index in [2.05, 4.69) is 56.1 Å². The van der Waals surface area contributed by atoms with Gasteiger partial charge in [-0.3, -0.25) is 52.9 Å². The van der Waals surface area contributed by atoms with E-state index in [0.29, 0.717) is 96.0 Å². The molecular weight excluding hydrogens is 1290 g/mol. The number of nitrogen functional groups attached to an aromatic ring is 1. The van der Waals surface area contributed by atoms with Crippen molar-refractivity contribution in [1.29, 1.82) is 0 Å². The molecule has 0 bridgehead atoms. The molecule has 6 aromatic carbocycles. The highest BCUT2D eigenvalue weighted by Gasteiger charge is 2.38. The van der Waals surface area contributed by atoms with E-state index >= 15 is 0 Å². The number of benzene rings is 6. The van der Waals surface area contributed by atoms with E-state index in [1.807, 2.05) is 67.1 Å². The number of nitrogens with one attached hydrogen (secondary N) is 4. The third-order valence-corrected chi connectivity index (χ3v) is 19.1. The Morgan fingerprint density at radius 1 is 0.450 bits per heavy atom. The molecule has 3 aromatic heterocycles. The van der Waals surface area contributed by atoms with Crippen LogP contribution in [0.15, 0.2) is 134 Å². The second-order valence-corrected chi connectivity index (χ2v) is 25.9. The van der Waals surface area contributed by atoms with Gasteiger partial charge in [0.25, 0.3) is 41.1 Å². The third kappa shape index (κ3) is 15.7. The smallest absolute Gasteiger partial charge is 0.292 e. The monoisotopic (exact) mass is 1370 g/mol. The molecule has 0 unspecified atom stereocenters. The molecule has 3 fully saturated rings. The van der Waals surface area contributed by atoms with Crippen LogP contribution in [0.2, 0.25) is 0 Å². The van der Waals surface area contributed by atoms with Crippen LogP contribution in [0.3, 0.4) is 0 Å². The molecule has 6 heterocycles. The van der Waals surface area contributed by atoms with Gasteiger partial charge in [0.05, 0.1) is 54.7 Å². The summed E-state index contributed by atoms with van der Waals surface area (Å²) in [7, 11) is 7.31. The second kappa shape index (κ2) is 31.1. The first-order valence-corrected chi connectivity index (χ1v) is 33.1. The normalized spacial score (nSPS) is 18.9. The Morgan fingerprint density at radius 3 is 1.22 bits per heavy atom. The molecule has 25 heteroatoms. The summed E-state index contributed by atoms with van der Waals surface area (Å²) in [4.78, 5) is 108. The zero-order valence-electron chi connectivity index (χ0n) is 58.0. The van der Waals surface area contributed by atoms with Crippen LogP contribution in [0.5, 0.6) is 17.2 Å². The molecule has 526 valence electrons. The van der Waals surface area contributed by atoms with Crippen LogP contribution in [0.4, 0.5) is 13.2 Å². The summed E-state index contributed by atoms with van der Waals surface area (Å²) < 4.78 is 57.5. The predicted octanol–water partition coefficient (Wildman–Crippen LogP) is 9.20. The SMILES string of the molecule is CNC(=O)C(=O)c1c[nH]c2cc(OC)c(C(=O)N3C[C@H](C)N(Cc4ccc(F)cc4)C[C@H]3C)cc12.CNC(=O)C(=O)c1cn(N)c2cc(OC)c(C(=O)N3C[C@H](C)N(Cc4ccc(F)cc4)C[C@H]3C)cc12.COc1cc2[nH]ccc2cc1C(=O)N1C[C@H](C)N(Cc2ccc(F)cc2)C[C@H]1C. The minimum Gasteiger partial charge on any atom is -0.496 e. The fourth-order valence-corrected chi connectivity index (χ4v) is 13.4. The molecule has 0 radical (unpaired) electrons. The van der Waals surface area contributed by atoms with Crippen LogP contribution < -0.4 is 30.7 Å². The summed E-state index contributed by atoms with van der Waals surface area (Å²) in [5.41, 5.74) is 6.59. The van der Waals surface area contributed by atoms with Crippen molar-refractivity contribution < 1.29 is 60.9 Å². The largest absolute Gasteiger partial charge is 0.496 e. The van der Waals surface area contributed by atoms with Gasteiger partial charge < -0.3 is 55.4 Å². The number of aromatic nitrogens is 3. The Hall–Kier alpha value is -10.5. The number of nitrogens with two attached hydrogens (primary N) is 1. The Morgan fingerprint density at radius 2 is 0.820 bits per heavy atom. The van der Waals surface area contributed by atoms with Crippen molar-refractivity contribution >= 4 is 73.8 Å². The number of likely N-dealkylation sites (N-methyl/N-ethyl adjacent to an activating group) is 2. The van der Waals surface area contributed by atoms with Crippen molar-refractivity contribution in [3.63, 3.8) is 0 Å². The van der Waals surface area contributed by atoms with Gasteiger partial charge in [-0.05, 0) is 119 Å². The van der Waals surface area contributed by atoms with Gasteiger partial charge in [-0.15, -0.1) is 0 Å². The first kappa shape index (κ1) is 72.2. The lowest BCUT2D eigenvalue weighted by Gasteiger charge is -2.44. The molecule has 3 aliphatic heterocycles. The van der Waals surface area contributed by atoms with Crippen LogP contribution in [0.25, 0.3) is 32.7 Å². The Kier molecular flexibility index (Phi) is 22.5. The first-order valence-electron chi connectivity index (χ1n) is 33.1. The van der Waals surface area contributed by atoms with Gasteiger partial charge in [0, 0.05) is 173 Å². The predicted molar refractivity (Wildman–Crippen MR) is 375 cm³/mol. The Bertz CT molecular complexity index is 4500. The zero-order chi connectivity index (χ0) is 72.0. The number of fused-ring (bicyclic) bond motifs is 3. The van der Waals surface area contributed by atoms with Crippen LogP contribution in [0, 0.1) is 17.5 Å². The number of ether oxygens (including phenoxy) is 3. The van der Waals surface area contributed by atoms with E-state index in [4.69, 9.17) is 20.1 Å². The number of carbonyl (C=O) groups is 7. The number of ketones is 2. The summed E-state index contributed by atoms with van der Waals surface area (Å²) in [6, 6.07) is 31.9. The van der Waals surface area contributed by atoms with Crippen LogP contribution in [-0.2, 0) is 29.2 Å². The second-order valence-electron chi connectivity index (χ2n) is 25.9. The molecule has 3 aliphatic rings. The van der Waals surface area contributed by atoms with Gasteiger partial charge in [-0.1, -0.05) is 36.4 Å². The number of aromatic amines is 2. The third-order valence-electron chi connectivity index (χ3n) is 19.1. The van der Waals surface area contributed by atoms with E-state index < -0.39 is 23.4 Å². The maximum Gasteiger partial charge on any atom is 0.292 e. The standard InChI is InChI=1S/C26H30FN5O4.C26H29FN4O4.C23H26FN3O2/c1-15-12-31(16(2)11-30(15)13-17-5-7-18(27)8-6-17)26(35)20-9-19-21(24(33)25(34)29-3)14-32(28)22(19)10-23(20)36-4;1-15-13-31(16(2)12-30(15)14-17-5-7-18(27)8-6-17)26(34)20-9-19-21(24(32)25(33)28-3)11-29-22(19)10-23(20)35-4;1-15-13-27(16(2)12-26(15)14-17-4-6-19(24)7-5-17)23(28)20-10-18-8-9-25-21(18)11-22(20)29-3/h5-10,14-16H,11-13,28H2,1-4H3,(H,29,34);5-11,15-16,29H,12-14H2,1-4H3,(H,28,33);4-11,15-16,25H,12-14H2,1-3H3/t3*15-,16+/m000/s1. The van der Waals surface area contributed by atoms with Crippen LogP contribution >= 0.6 is 0 Å². The van der Waals surface area contributed by atoms with Crippen molar-refractivity contribution in [2.75, 3.05) is 80.5 Å². The van der Waals surface area contributed by atoms with Gasteiger partial charge in [0.2, 0.25) is 0 Å². The van der Waals surface area contributed by atoms with E-state index in [-0.39, 0.29) is 88.1 Å². The molecule has 3 saturated heterocycles. The average Bonchev–Trinajstić information content (AvgIpc) is 1.52. The molecule has 6 N–H and O–H groups in total. The molecule has 5 amide bonds. The zero-order valence-corrected chi connectivity index (χ0v) is 58.0. The van der Waals surface area contributed by atoms with Gasteiger partial charge in [0.15, 0.2) is 0 Å². The quantitative estimate of drug-likeness (QED) is 0.0344. The minimum absolute atomic E-state index is 0.00858. The maximum absolute atomic E-state index is 13.7. The average molecular weight is 1370 g/mol. The van der Waals surface area contributed by atoms with Gasteiger partial charge in [-0.25, -0.2) is 13.2 Å². The maximum atomic E-state index is 13.7. The fourth-order valence-electron chi connectivity index (χ4n) is 13.4. The topological polar surface area (TPSA) is 253 Å². The summed E-state index contributed by atoms with van der Waals surface area (Å²) in [5, 5.41) is 6.53. The van der Waals surface area contributed by atoms with E-state index in [0.717, 1.165) is 40.7 Å². The number of halogens is 3. The molecule has 9 aromatic rings. The number of nitrogens with zero attached hydrogens (tertiary/aromatic N) is 7. The number of amides is 5. The van der Waals surface area contributed by atoms with Crippen LogP contribution in [-0.4, -0.2) is 196 Å². The molecule has 100 heavy (non-hydrogen) atoms. The van der Waals surface area contributed by atoms with E-state index in [1.165, 1.54) is 81.8 Å². The van der Waals surface area contributed by atoms with Gasteiger partial charge >= 0.3 is 0 Å². The summed E-state index contributed by atoms with van der Waals surface area (Å²) in [6.07, 6.45) is 4.70. The lowest BCUT2D eigenvalue weighted by molar-refractivity contribution is -0.117. The van der Waals surface area contributed by atoms with Crippen molar-refractivity contribution in [2.24, 2.45) is 0 Å². The highest BCUT2D eigenvalue weighted by molar-refractivity contribution is 6.45. The lowest BCUT2D eigenvalue weighted by atomic mass is 10.0. The molecule has 0 saturated carbocycles. The molecule has 12 rings (SSSR count). The van der Waals surface area contributed by atoms with E-state index in [9.17, 15) is 46.7 Å². The Balaban J connectivity index is 0.000000163. The highest BCUT2D eigenvalue weighted by atomic mass is 19.1. The highest BCUT2D eigenvalue weighted by Crippen LogP contribution is 2.35. The van der Waals surface area contributed by atoms with Gasteiger partial charge in [-0.2, -0.15) is 0 Å². The van der Waals surface area contributed by atoms with Crippen molar-refractivity contribution in [2.45, 2.75) is 97.4 Å². The molecule has 0 spiro atoms. The number of hydrogen-bond acceptors (Lipinski definition) is 14. The van der Waals surface area contributed by atoms with Gasteiger partial charge in [0.1, 0.15) is 34.7 Å². The first-order chi connectivity index (χ1) is 47.8. The number of carbonyl (C=O) groups excluding carboxylic acids is 7. The molecular formula is C75H85F3N12O10. The summed E-state index contributed by atoms with van der Waals surface area (Å²) >= 11 is 0. The fraction of sp³-hybridized carbons (Fsp3) is 0.347. The van der Waals surface area contributed by atoms with Crippen molar-refractivity contribution in [3.8, 4) is 17.2 Å². The number of H-pyrrole nitrogens is 2. The number of rotatable bonds is 16. The number of methoxy groups -OCH3 is 3. The summed E-state index contributed by atoms with van der Waals surface area (Å²) in [6.45, 7) is 18.0. The minimum atomic E-state index is -0.772. The lowest BCUT2D eigenvalue weighted by Crippen LogP contribution is -2.57. The number of hydrogen-bond donors (Lipinski definition) is 5. The number of Topliss-reactive ketones (excluding diaryl/α,β-unsaturated/α-hetero) is 2. The van der Waals surface area contributed by atoms with Crippen LogP contribution in [0.1, 0.15) is 110 Å². The van der Waals surface area contributed by atoms with E-state index in [1.54, 1.807) is 60.5 Å².